The summed E-state index contributed by atoms with van der Waals surface area (Å²) in [6.45, 7) is 6.22. The van der Waals surface area contributed by atoms with Crippen molar-refractivity contribution in [1.82, 2.24) is 10.2 Å². The molecule has 20 heavy (non-hydrogen) atoms. The molecule has 1 heterocycles. The second-order valence-corrected chi connectivity index (χ2v) is 5.45. The van der Waals surface area contributed by atoms with Gasteiger partial charge in [-0.3, -0.25) is 4.90 Å². The van der Waals surface area contributed by atoms with Gasteiger partial charge in [0.25, 0.3) is 0 Å². The molecule has 0 aliphatic carbocycles. The SMILES string of the molecule is CNCC1OCCN(C(C)C)C1c1cc(F)cc(F)c1. The fourth-order valence-electron chi connectivity index (χ4n) is 2.86. The van der Waals surface area contributed by atoms with Gasteiger partial charge in [0.15, 0.2) is 0 Å². The number of ether oxygens (including phenoxy) is 1. The summed E-state index contributed by atoms with van der Waals surface area (Å²) < 4.78 is 32.8. The minimum Gasteiger partial charge on any atom is -0.374 e. The lowest BCUT2D eigenvalue weighted by atomic mass is 9.96. The second kappa shape index (κ2) is 6.61. The zero-order valence-electron chi connectivity index (χ0n) is 12.2. The zero-order chi connectivity index (χ0) is 14.7. The maximum Gasteiger partial charge on any atom is 0.126 e. The molecule has 2 rings (SSSR count). The number of rotatable bonds is 4. The molecular formula is C15H22F2N2O. The van der Waals surface area contributed by atoms with E-state index in [1.165, 1.54) is 12.1 Å². The fraction of sp³-hybridized carbons (Fsp3) is 0.600. The Kier molecular flexibility index (Phi) is 5.07. The summed E-state index contributed by atoms with van der Waals surface area (Å²) in [7, 11) is 1.85. The van der Waals surface area contributed by atoms with Gasteiger partial charge in [-0.25, -0.2) is 8.78 Å². The van der Waals surface area contributed by atoms with E-state index >= 15 is 0 Å². The third-order valence-electron chi connectivity index (χ3n) is 3.69. The van der Waals surface area contributed by atoms with E-state index in [1.54, 1.807) is 0 Å². The van der Waals surface area contributed by atoms with E-state index in [0.29, 0.717) is 18.7 Å². The highest BCUT2D eigenvalue weighted by molar-refractivity contribution is 5.23. The molecule has 1 N–H and O–H groups in total. The first-order valence-corrected chi connectivity index (χ1v) is 7.01. The third-order valence-corrected chi connectivity index (χ3v) is 3.69. The van der Waals surface area contributed by atoms with E-state index in [1.807, 2.05) is 7.05 Å². The van der Waals surface area contributed by atoms with E-state index in [9.17, 15) is 8.78 Å². The van der Waals surface area contributed by atoms with Crippen molar-refractivity contribution in [2.75, 3.05) is 26.7 Å². The number of morpholine rings is 1. The Bertz CT molecular complexity index is 431. The number of hydrogen-bond donors (Lipinski definition) is 1. The van der Waals surface area contributed by atoms with Gasteiger partial charge < -0.3 is 10.1 Å². The van der Waals surface area contributed by atoms with Gasteiger partial charge in [-0.2, -0.15) is 0 Å². The molecule has 3 nitrogen and oxygen atoms in total. The molecule has 1 saturated heterocycles. The van der Waals surface area contributed by atoms with Crippen molar-refractivity contribution in [1.29, 1.82) is 0 Å². The quantitative estimate of drug-likeness (QED) is 0.918. The first kappa shape index (κ1) is 15.4. The summed E-state index contributed by atoms with van der Waals surface area (Å²) in [4.78, 5) is 2.24. The molecule has 1 aliphatic rings. The lowest BCUT2D eigenvalue weighted by molar-refractivity contribution is -0.0816. The average molecular weight is 284 g/mol. The first-order chi connectivity index (χ1) is 9.52. The maximum atomic E-state index is 13.5. The average Bonchev–Trinajstić information content (AvgIpc) is 2.37. The van der Waals surface area contributed by atoms with E-state index in [0.717, 1.165) is 12.6 Å². The van der Waals surface area contributed by atoms with Gasteiger partial charge >= 0.3 is 0 Å². The zero-order valence-corrected chi connectivity index (χ0v) is 12.2. The maximum absolute atomic E-state index is 13.5. The number of halogens is 2. The summed E-state index contributed by atoms with van der Waals surface area (Å²) in [5, 5.41) is 3.09. The number of nitrogens with zero attached hydrogens (tertiary/aromatic N) is 1. The van der Waals surface area contributed by atoms with Crippen molar-refractivity contribution in [2.45, 2.75) is 32.0 Å². The Labute approximate surface area is 118 Å². The van der Waals surface area contributed by atoms with Crippen molar-refractivity contribution < 1.29 is 13.5 Å². The number of nitrogens with one attached hydrogen (secondary N) is 1. The molecule has 2 unspecified atom stereocenters. The molecule has 1 aliphatic heterocycles. The normalized spacial score (nSPS) is 24.3. The minimum atomic E-state index is -0.544. The van der Waals surface area contributed by atoms with Gasteiger partial charge in [-0.1, -0.05) is 0 Å². The summed E-state index contributed by atoms with van der Waals surface area (Å²) in [5.74, 6) is -1.09. The second-order valence-electron chi connectivity index (χ2n) is 5.45. The Balaban J connectivity index is 2.37. The van der Waals surface area contributed by atoms with Crippen LogP contribution in [-0.2, 0) is 4.74 Å². The van der Waals surface area contributed by atoms with Gasteiger partial charge in [-0.15, -0.1) is 0 Å². The van der Waals surface area contributed by atoms with Crippen LogP contribution >= 0.6 is 0 Å². The lowest BCUT2D eigenvalue weighted by Gasteiger charge is -2.43. The highest BCUT2D eigenvalue weighted by Crippen LogP contribution is 2.31. The molecule has 0 spiro atoms. The van der Waals surface area contributed by atoms with Crippen LogP contribution in [0, 0.1) is 11.6 Å². The van der Waals surface area contributed by atoms with Crippen molar-refractivity contribution in [3.05, 3.63) is 35.4 Å². The van der Waals surface area contributed by atoms with Crippen LogP contribution in [-0.4, -0.2) is 43.8 Å². The van der Waals surface area contributed by atoms with Crippen molar-refractivity contribution in [3.8, 4) is 0 Å². The van der Waals surface area contributed by atoms with Crippen LogP contribution in [0.3, 0.4) is 0 Å². The van der Waals surface area contributed by atoms with Crippen LogP contribution in [0.1, 0.15) is 25.5 Å². The molecule has 5 heteroatoms. The number of likely N-dealkylation sites (N-methyl/N-ethyl adjacent to an activating group) is 1. The summed E-state index contributed by atoms with van der Waals surface area (Å²) in [5.41, 5.74) is 0.635. The first-order valence-electron chi connectivity index (χ1n) is 7.01. The number of benzene rings is 1. The molecule has 0 radical (unpaired) electrons. The predicted molar refractivity (Wildman–Crippen MR) is 74.6 cm³/mol. The molecule has 112 valence electrons. The van der Waals surface area contributed by atoms with Gasteiger partial charge in [0.1, 0.15) is 11.6 Å². The topological polar surface area (TPSA) is 24.5 Å². The Morgan fingerprint density at radius 3 is 2.50 bits per heavy atom. The van der Waals surface area contributed by atoms with Crippen LogP contribution in [0.5, 0.6) is 0 Å². The summed E-state index contributed by atoms with van der Waals surface area (Å²) in [6, 6.07) is 3.86. The molecule has 0 amide bonds. The highest BCUT2D eigenvalue weighted by atomic mass is 19.1. The Morgan fingerprint density at radius 1 is 1.30 bits per heavy atom. The summed E-state index contributed by atoms with van der Waals surface area (Å²) in [6.07, 6.45) is -0.114. The molecule has 1 aromatic rings. The Morgan fingerprint density at radius 2 is 1.95 bits per heavy atom. The van der Waals surface area contributed by atoms with Crippen LogP contribution in [0.25, 0.3) is 0 Å². The Hall–Kier alpha value is -1.04. The molecule has 0 saturated carbocycles. The summed E-state index contributed by atoms with van der Waals surface area (Å²) >= 11 is 0. The fourth-order valence-corrected chi connectivity index (χ4v) is 2.86. The van der Waals surface area contributed by atoms with E-state index in [2.05, 4.69) is 24.1 Å². The van der Waals surface area contributed by atoms with Gasteiger partial charge in [0.2, 0.25) is 0 Å². The molecule has 0 bridgehead atoms. The van der Waals surface area contributed by atoms with Gasteiger partial charge in [-0.05, 0) is 38.6 Å². The lowest BCUT2D eigenvalue weighted by Crippen LogP contribution is -2.51. The predicted octanol–water partition coefficient (Wildman–Crippen LogP) is 2.33. The monoisotopic (exact) mass is 284 g/mol. The molecular weight excluding hydrogens is 262 g/mol. The minimum absolute atomic E-state index is 0.114. The van der Waals surface area contributed by atoms with E-state index in [-0.39, 0.29) is 18.2 Å². The van der Waals surface area contributed by atoms with Crippen LogP contribution in [0.4, 0.5) is 8.78 Å². The van der Waals surface area contributed by atoms with E-state index in [4.69, 9.17) is 4.74 Å². The van der Waals surface area contributed by atoms with Crippen molar-refractivity contribution in [3.63, 3.8) is 0 Å². The highest BCUT2D eigenvalue weighted by Gasteiger charge is 2.34. The van der Waals surface area contributed by atoms with Crippen LogP contribution in [0.2, 0.25) is 0 Å². The van der Waals surface area contributed by atoms with Gasteiger partial charge in [0.05, 0.1) is 18.8 Å². The van der Waals surface area contributed by atoms with Crippen molar-refractivity contribution >= 4 is 0 Å². The van der Waals surface area contributed by atoms with E-state index < -0.39 is 11.6 Å². The van der Waals surface area contributed by atoms with Gasteiger partial charge in [0, 0.05) is 25.2 Å². The molecule has 2 atom stereocenters. The van der Waals surface area contributed by atoms with Crippen molar-refractivity contribution in [2.24, 2.45) is 0 Å². The van der Waals surface area contributed by atoms with Crippen LogP contribution in [0.15, 0.2) is 18.2 Å². The smallest absolute Gasteiger partial charge is 0.126 e. The molecule has 0 aromatic heterocycles. The number of hydrogen-bond acceptors (Lipinski definition) is 3. The standard InChI is InChI=1S/C15H22F2N2O/c1-10(2)19-4-5-20-14(9-18-3)15(19)11-6-12(16)8-13(17)7-11/h6-8,10,14-15,18H,4-5,9H2,1-3H3. The molecule has 1 fully saturated rings. The van der Waals surface area contributed by atoms with Crippen LogP contribution < -0.4 is 5.32 Å². The third kappa shape index (κ3) is 3.34. The largest absolute Gasteiger partial charge is 0.374 e. The molecule has 1 aromatic carbocycles.